The summed E-state index contributed by atoms with van der Waals surface area (Å²) >= 11 is 5.72. The number of benzene rings is 1. The van der Waals surface area contributed by atoms with Crippen molar-refractivity contribution in [3.8, 4) is 0 Å². The molecule has 4 nitrogen and oxygen atoms in total. The van der Waals surface area contributed by atoms with E-state index in [1.165, 1.54) is 6.07 Å². The van der Waals surface area contributed by atoms with Gasteiger partial charge in [0.05, 0.1) is 5.02 Å². The van der Waals surface area contributed by atoms with Crippen molar-refractivity contribution in [2.45, 2.75) is 6.54 Å². The summed E-state index contributed by atoms with van der Waals surface area (Å²) in [5, 5.41) is 5.72. The zero-order chi connectivity index (χ0) is 14.5. The van der Waals surface area contributed by atoms with Crippen LogP contribution in [0.5, 0.6) is 0 Å². The minimum absolute atomic E-state index is 0.0880. The molecule has 20 heavy (non-hydrogen) atoms. The molecule has 1 aromatic carbocycles. The number of amides is 1. The standard InChI is InChI=1S/C14H13ClFN3O/c1-17-14(20)13-7-10(4-5-18-13)19-8-9-2-3-12(16)11(15)6-9/h2-7H,8H2,1H3,(H,17,20)(H,18,19). The van der Waals surface area contributed by atoms with Gasteiger partial charge in [-0.1, -0.05) is 17.7 Å². The largest absolute Gasteiger partial charge is 0.381 e. The van der Waals surface area contributed by atoms with Crippen molar-refractivity contribution in [2.75, 3.05) is 12.4 Å². The first kappa shape index (κ1) is 14.3. The Hall–Kier alpha value is -2.14. The molecule has 1 aromatic heterocycles. The number of anilines is 1. The van der Waals surface area contributed by atoms with Crippen LogP contribution in [-0.4, -0.2) is 17.9 Å². The fourth-order valence-electron chi connectivity index (χ4n) is 1.65. The molecule has 0 aliphatic heterocycles. The predicted octanol–water partition coefficient (Wildman–Crippen LogP) is 2.85. The quantitative estimate of drug-likeness (QED) is 0.911. The number of hydrogen-bond donors (Lipinski definition) is 2. The van der Waals surface area contributed by atoms with Crippen molar-refractivity contribution in [1.82, 2.24) is 10.3 Å². The molecule has 2 aromatic rings. The minimum Gasteiger partial charge on any atom is -0.381 e. The summed E-state index contributed by atoms with van der Waals surface area (Å²) in [7, 11) is 1.55. The van der Waals surface area contributed by atoms with Gasteiger partial charge in [0.2, 0.25) is 0 Å². The molecule has 0 aliphatic rings. The summed E-state index contributed by atoms with van der Waals surface area (Å²) in [5.41, 5.74) is 1.92. The van der Waals surface area contributed by atoms with Gasteiger partial charge in [-0.05, 0) is 29.8 Å². The number of nitrogens with one attached hydrogen (secondary N) is 2. The Balaban J connectivity index is 2.07. The van der Waals surface area contributed by atoms with Crippen molar-refractivity contribution in [3.63, 3.8) is 0 Å². The lowest BCUT2D eigenvalue weighted by atomic mass is 10.2. The fraction of sp³-hybridized carbons (Fsp3) is 0.143. The van der Waals surface area contributed by atoms with E-state index in [0.29, 0.717) is 12.2 Å². The number of carbonyl (C=O) groups is 1. The normalized spacial score (nSPS) is 10.2. The van der Waals surface area contributed by atoms with E-state index in [9.17, 15) is 9.18 Å². The maximum atomic E-state index is 13.0. The third kappa shape index (κ3) is 3.45. The number of nitrogens with zero attached hydrogens (tertiary/aromatic N) is 1. The van der Waals surface area contributed by atoms with E-state index < -0.39 is 5.82 Å². The van der Waals surface area contributed by atoms with Crippen molar-refractivity contribution in [3.05, 3.63) is 58.6 Å². The average Bonchev–Trinajstić information content (AvgIpc) is 2.48. The molecule has 0 spiro atoms. The Morgan fingerprint density at radius 3 is 2.85 bits per heavy atom. The van der Waals surface area contributed by atoms with Crippen molar-refractivity contribution in [2.24, 2.45) is 0 Å². The van der Waals surface area contributed by atoms with E-state index in [4.69, 9.17) is 11.6 Å². The van der Waals surface area contributed by atoms with Crippen LogP contribution in [0.4, 0.5) is 10.1 Å². The van der Waals surface area contributed by atoms with Gasteiger partial charge in [-0.15, -0.1) is 0 Å². The maximum absolute atomic E-state index is 13.0. The summed E-state index contributed by atoms with van der Waals surface area (Å²) < 4.78 is 13.0. The van der Waals surface area contributed by atoms with Crippen LogP contribution in [0.25, 0.3) is 0 Å². The molecule has 0 saturated heterocycles. The van der Waals surface area contributed by atoms with Crippen LogP contribution in [-0.2, 0) is 6.54 Å². The van der Waals surface area contributed by atoms with Crippen LogP contribution < -0.4 is 10.6 Å². The second kappa shape index (κ2) is 6.34. The minimum atomic E-state index is -0.443. The lowest BCUT2D eigenvalue weighted by molar-refractivity contribution is 0.0958. The highest BCUT2D eigenvalue weighted by molar-refractivity contribution is 6.30. The van der Waals surface area contributed by atoms with Gasteiger partial charge >= 0.3 is 0 Å². The number of hydrogen-bond acceptors (Lipinski definition) is 3. The molecule has 1 heterocycles. The molecule has 0 unspecified atom stereocenters. The van der Waals surface area contributed by atoms with Crippen LogP contribution in [0, 0.1) is 5.82 Å². The summed E-state index contributed by atoms with van der Waals surface area (Å²) in [6.07, 6.45) is 1.55. The van der Waals surface area contributed by atoms with Gasteiger partial charge in [-0.3, -0.25) is 9.78 Å². The Bertz CT molecular complexity index is 634. The topological polar surface area (TPSA) is 54.0 Å². The lowest BCUT2D eigenvalue weighted by Crippen LogP contribution is -2.19. The molecular weight excluding hydrogens is 281 g/mol. The highest BCUT2D eigenvalue weighted by atomic mass is 35.5. The van der Waals surface area contributed by atoms with Gasteiger partial charge in [0.25, 0.3) is 5.91 Å². The van der Waals surface area contributed by atoms with E-state index in [0.717, 1.165) is 11.3 Å². The molecule has 104 valence electrons. The fourth-order valence-corrected chi connectivity index (χ4v) is 1.85. The molecule has 0 aliphatic carbocycles. The van der Waals surface area contributed by atoms with Crippen LogP contribution in [0.1, 0.15) is 16.1 Å². The highest BCUT2D eigenvalue weighted by Crippen LogP contribution is 2.17. The lowest BCUT2D eigenvalue weighted by Gasteiger charge is -2.08. The first-order chi connectivity index (χ1) is 9.60. The monoisotopic (exact) mass is 293 g/mol. The van der Waals surface area contributed by atoms with Gasteiger partial charge < -0.3 is 10.6 Å². The maximum Gasteiger partial charge on any atom is 0.269 e. The Morgan fingerprint density at radius 2 is 2.15 bits per heavy atom. The number of rotatable bonds is 4. The van der Waals surface area contributed by atoms with E-state index in [2.05, 4.69) is 15.6 Å². The molecular formula is C14H13ClFN3O. The number of pyridine rings is 1. The summed E-state index contributed by atoms with van der Waals surface area (Å²) in [6, 6.07) is 7.92. The molecule has 2 rings (SSSR count). The first-order valence-electron chi connectivity index (χ1n) is 5.96. The van der Waals surface area contributed by atoms with Crippen molar-refractivity contribution >= 4 is 23.2 Å². The van der Waals surface area contributed by atoms with Gasteiger partial charge in [0.15, 0.2) is 0 Å². The van der Waals surface area contributed by atoms with E-state index in [-0.39, 0.29) is 10.9 Å². The van der Waals surface area contributed by atoms with Crippen molar-refractivity contribution < 1.29 is 9.18 Å². The Labute approximate surface area is 121 Å². The molecule has 6 heteroatoms. The molecule has 1 amide bonds. The first-order valence-corrected chi connectivity index (χ1v) is 6.34. The predicted molar refractivity (Wildman–Crippen MR) is 76.4 cm³/mol. The Kier molecular flexibility index (Phi) is 4.53. The number of halogens is 2. The Morgan fingerprint density at radius 1 is 1.35 bits per heavy atom. The third-order valence-corrected chi connectivity index (χ3v) is 2.99. The molecule has 0 fully saturated rings. The zero-order valence-corrected chi connectivity index (χ0v) is 11.5. The molecule has 0 bridgehead atoms. The van der Waals surface area contributed by atoms with E-state index in [1.54, 1.807) is 37.5 Å². The number of aromatic nitrogens is 1. The third-order valence-electron chi connectivity index (χ3n) is 2.70. The van der Waals surface area contributed by atoms with Crippen molar-refractivity contribution in [1.29, 1.82) is 0 Å². The molecule has 0 saturated carbocycles. The van der Waals surface area contributed by atoms with E-state index >= 15 is 0 Å². The van der Waals surface area contributed by atoms with Gasteiger partial charge in [-0.25, -0.2) is 4.39 Å². The van der Waals surface area contributed by atoms with Gasteiger partial charge in [-0.2, -0.15) is 0 Å². The summed E-state index contributed by atoms with van der Waals surface area (Å²) in [4.78, 5) is 15.4. The SMILES string of the molecule is CNC(=O)c1cc(NCc2ccc(F)c(Cl)c2)ccn1. The van der Waals surface area contributed by atoms with Gasteiger partial charge in [0.1, 0.15) is 11.5 Å². The highest BCUT2D eigenvalue weighted by Gasteiger charge is 2.05. The molecule has 0 radical (unpaired) electrons. The zero-order valence-electron chi connectivity index (χ0n) is 10.8. The van der Waals surface area contributed by atoms with Crippen LogP contribution in [0.3, 0.4) is 0 Å². The molecule has 0 atom stereocenters. The van der Waals surface area contributed by atoms with Crippen LogP contribution in [0.15, 0.2) is 36.5 Å². The smallest absolute Gasteiger partial charge is 0.269 e. The van der Waals surface area contributed by atoms with Crippen LogP contribution >= 0.6 is 11.6 Å². The van der Waals surface area contributed by atoms with Crippen LogP contribution in [0.2, 0.25) is 5.02 Å². The van der Waals surface area contributed by atoms with E-state index in [1.807, 2.05) is 0 Å². The second-order valence-corrected chi connectivity index (χ2v) is 4.52. The average molecular weight is 294 g/mol. The molecule has 2 N–H and O–H groups in total. The second-order valence-electron chi connectivity index (χ2n) is 4.11. The summed E-state index contributed by atoms with van der Waals surface area (Å²) in [6.45, 7) is 0.469. The number of carbonyl (C=O) groups excluding carboxylic acids is 1. The summed E-state index contributed by atoms with van der Waals surface area (Å²) in [5.74, 6) is -0.695. The van der Waals surface area contributed by atoms with Gasteiger partial charge in [0, 0.05) is 25.5 Å².